The number of nitro benzene ring substituents is 1. The molecule has 0 spiro atoms. The fourth-order valence-electron chi connectivity index (χ4n) is 2.55. The summed E-state index contributed by atoms with van der Waals surface area (Å²) >= 11 is 0.909. The lowest BCUT2D eigenvalue weighted by atomic mass is 10.2. The van der Waals surface area contributed by atoms with E-state index in [9.17, 15) is 19.7 Å². The number of imide groups is 1. The summed E-state index contributed by atoms with van der Waals surface area (Å²) in [6, 6.07) is 9.79. The number of benzene rings is 1. The minimum atomic E-state index is -0.456. The molecule has 128 valence electrons. The molecule has 1 aromatic heterocycles. The lowest BCUT2D eigenvalue weighted by Gasteiger charge is -2.10. The molecule has 2 aromatic rings. The summed E-state index contributed by atoms with van der Waals surface area (Å²) in [4.78, 5) is 36.4. The second-order valence-electron chi connectivity index (χ2n) is 5.41. The highest BCUT2D eigenvalue weighted by atomic mass is 32.2. The van der Waals surface area contributed by atoms with Crippen molar-refractivity contribution in [2.24, 2.45) is 0 Å². The van der Waals surface area contributed by atoms with Crippen LogP contribution < -0.4 is 0 Å². The first-order valence-corrected chi connectivity index (χ1v) is 8.50. The van der Waals surface area contributed by atoms with Gasteiger partial charge in [-0.3, -0.25) is 24.6 Å². The molecule has 2 amide bonds. The zero-order valence-corrected chi connectivity index (χ0v) is 14.2. The van der Waals surface area contributed by atoms with Gasteiger partial charge in [0, 0.05) is 30.6 Å². The van der Waals surface area contributed by atoms with Crippen LogP contribution in [0, 0.1) is 10.1 Å². The number of thioether (sulfide) groups is 1. The lowest BCUT2D eigenvalue weighted by molar-refractivity contribution is -0.384. The molecule has 0 bridgehead atoms. The van der Waals surface area contributed by atoms with E-state index in [0.717, 1.165) is 11.8 Å². The molecule has 1 aliphatic heterocycles. The summed E-state index contributed by atoms with van der Waals surface area (Å²) in [6.07, 6.45) is 4.09. The first-order valence-electron chi connectivity index (χ1n) is 7.69. The van der Waals surface area contributed by atoms with Gasteiger partial charge in [0.2, 0.25) is 0 Å². The van der Waals surface area contributed by atoms with Gasteiger partial charge in [0.25, 0.3) is 16.8 Å². The standard InChI is InChI=1S/C17H15N3O4S/c1-2-8-19-16(21)15(25-17(19)22)11-13-7-4-9-18(13)12-5-3-6-14(10-12)20(23)24/h3-7,9-11H,2,8H2,1H3/b15-11+. The van der Waals surface area contributed by atoms with Crippen LogP contribution in [0.1, 0.15) is 19.0 Å². The highest BCUT2D eigenvalue weighted by Crippen LogP contribution is 2.32. The van der Waals surface area contributed by atoms with Gasteiger partial charge < -0.3 is 4.57 Å². The quantitative estimate of drug-likeness (QED) is 0.461. The Morgan fingerprint density at radius 3 is 2.76 bits per heavy atom. The Balaban J connectivity index is 1.95. The summed E-state index contributed by atoms with van der Waals surface area (Å²) in [5, 5.41) is 10.7. The molecule has 0 unspecified atom stereocenters. The fraction of sp³-hybridized carbons (Fsp3) is 0.176. The van der Waals surface area contributed by atoms with Crippen LogP contribution in [0.25, 0.3) is 11.8 Å². The number of amides is 2. The molecular formula is C17H15N3O4S. The van der Waals surface area contributed by atoms with Crippen molar-refractivity contribution in [3.63, 3.8) is 0 Å². The topological polar surface area (TPSA) is 85.4 Å². The Morgan fingerprint density at radius 1 is 1.24 bits per heavy atom. The van der Waals surface area contributed by atoms with Crippen molar-refractivity contribution in [1.29, 1.82) is 0 Å². The van der Waals surface area contributed by atoms with Crippen molar-refractivity contribution in [1.82, 2.24) is 9.47 Å². The maximum atomic E-state index is 12.3. The highest BCUT2D eigenvalue weighted by molar-refractivity contribution is 8.18. The molecule has 0 N–H and O–H groups in total. The van der Waals surface area contributed by atoms with Crippen molar-refractivity contribution in [2.75, 3.05) is 6.54 Å². The Bertz CT molecular complexity index is 888. The third-order valence-corrected chi connectivity index (χ3v) is 4.61. The molecule has 0 atom stereocenters. The van der Waals surface area contributed by atoms with Crippen LogP contribution in [0.2, 0.25) is 0 Å². The first kappa shape index (κ1) is 17.0. The van der Waals surface area contributed by atoms with Gasteiger partial charge >= 0.3 is 0 Å². The van der Waals surface area contributed by atoms with Gasteiger partial charge in [0.1, 0.15) is 0 Å². The summed E-state index contributed by atoms with van der Waals surface area (Å²) in [5.41, 5.74) is 1.26. The van der Waals surface area contributed by atoms with Gasteiger partial charge in [0.15, 0.2) is 0 Å². The molecule has 8 heteroatoms. The monoisotopic (exact) mass is 357 g/mol. The fourth-order valence-corrected chi connectivity index (χ4v) is 3.40. The van der Waals surface area contributed by atoms with E-state index in [2.05, 4.69) is 0 Å². The second kappa shape index (κ2) is 6.94. The van der Waals surface area contributed by atoms with E-state index in [1.165, 1.54) is 17.0 Å². The van der Waals surface area contributed by atoms with Gasteiger partial charge in [-0.05, 0) is 42.5 Å². The van der Waals surface area contributed by atoms with Crippen LogP contribution in [0.3, 0.4) is 0 Å². The molecule has 2 heterocycles. The Kier molecular flexibility index (Phi) is 4.71. The average Bonchev–Trinajstić information content (AvgIpc) is 3.16. The van der Waals surface area contributed by atoms with Crippen molar-refractivity contribution in [3.05, 3.63) is 63.3 Å². The number of non-ortho nitro benzene ring substituents is 1. The Labute approximate surface area is 148 Å². The molecule has 1 saturated heterocycles. The van der Waals surface area contributed by atoms with E-state index in [0.29, 0.717) is 29.3 Å². The van der Waals surface area contributed by atoms with E-state index in [1.807, 2.05) is 6.92 Å². The molecule has 0 saturated carbocycles. The molecule has 0 radical (unpaired) electrons. The molecule has 0 aliphatic carbocycles. The molecule has 7 nitrogen and oxygen atoms in total. The highest BCUT2D eigenvalue weighted by Gasteiger charge is 2.34. The molecular weight excluding hydrogens is 342 g/mol. The van der Waals surface area contributed by atoms with Crippen LogP contribution in [-0.4, -0.2) is 32.1 Å². The van der Waals surface area contributed by atoms with Crippen LogP contribution in [0.15, 0.2) is 47.5 Å². The van der Waals surface area contributed by atoms with Crippen LogP contribution >= 0.6 is 11.8 Å². The zero-order valence-electron chi connectivity index (χ0n) is 13.4. The summed E-state index contributed by atoms with van der Waals surface area (Å²) in [6.45, 7) is 2.30. The van der Waals surface area contributed by atoms with Crippen molar-refractivity contribution in [3.8, 4) is 5.69 Å². The number of carbonyl (C=O) groups excluding carboxylic acids is 2. The predicted molar refractivity (Wildman–Crippen MR) is 95.4 cm³/mol. The van der Waals surface area contributed by atoms with Gasteiger partial charge in [-0.25, -0.2) is 0 Å². The van der Waals surface area contributed by atoms with Crippen LogP contribution in [-0.2, 0) is 4.79 Å². The van der Waals surface area contributed by atoms with Crippen LogP contribution in [0.5, 0.6) is 0 Å². The summed E-state index contributed by atoms with van der Waals surface area (Å²) < 4.78 is 1.74. The number of nitro groups is 1. The van der Waals surface area contributed by atoms with E-state index < -0.39 is 4.92 Å². The molecule has 3 rings (SSSR count). The molecule has 1 aromatic carbocycles. The van der Waals surface area contributed by atoms with Crippen molar-refractivity contribution in [2.45, 2.75) is 13.3 Å². The average molecular weight is 357 g/mol. The summed E-state index contributed by atoms with van der Waals surface area (Å²) in [5.74, 6) is -0.302. The Hall–Kier alpha value is -2.87. The van der Waals surface area contributed by atoms with Gasteiger partial charge in [-0.15, -0.1) is 0 Å². The third-order valence-electron chi connectivity index (χ3n) is 3.70. The van der Waals surface area contributed by atoms with Gasteiger partial charge in [-0.1, -0.05) is 13.0 Å². The summed E-state index contributed by atoms with van der Waals surface area (Å²) in [7, 11) is 0. The first-order chi connectivity index (χ1) is 12.0. The predicted octanol–water partition coefficient (Wildman–Crippen LogP) is 3.83. The number of rotatable bonds is 5. The zero-order chi connectivity index (χ0) is 18.0. The van der Waals surface area contributed by atoms with E-state index >= 15 is 0 Å². The van der Waals surface area contributed by atoms with Crippen molar-refractivity contribution < 1.29 is 14.5 Å². The maximum Gasteiger partial charge on any atom is 0.293 e. The Morgan fingerprint density at radius 2 is 2.04 bits per heavy atom. The molecule has 1 fully saturated rings. The van der Waals surface area contributed by atoms with Crippen LogP contribution in [0.4, 0.5) is 10.5 Å². The minimum Gasteiger partial charge on any atom is -0.317 e. The van der Waals surface area contributed by atoms with E-state index in [-0.39, 0.29) is 16.8 Å². The maximum absolute atomic E-state index is 12.3. The molecule has 25 heavy (non-hydrogen) atoms. The van der Waals surface area contributed by atoms with Crippen molar-refractivity contribution >= 4 is 34.7 Å². The van der Waals surface area contributed by atoms with Gasteiger partial charge in [-0.2, -0.15) is 0 Å². The SMILES string of the molecule is CCCN1C(=O)S/C(=C/c2cccn2-c2cccc([N+](=O)[O-])c2)C1=O. The molecule has 1 aliphatic rings. The second-order valence-corrected chi connectivity index (χ2v) is 6.41. The lowest BCUT2D eigenvalue weighted by Crippen LogP contribution is -2.28. The third kappa shape index (κ3) is 3.34. The number of hydrogen-bond acceptors (Lipinski definition) is 5. The largest absolute Gasteiger partial charge is 0.317 e. The smallest absolute Gasteiger partial charge is 0.293 e. The van der Waals surface area contributed by atoms with Gasteiger partial charge in [0.05, 0.1) is 15.5 Å². The number of hydrogen-bond donors (Lipinski definition) is 0. The van der Waals surface area contributed by atoms with E-state index in [1.54, 1.807) is 41.1 Å². The van der Waals surface area contributed by atoms with E-state index in [4.69, 9.17) is 0 Å². The normalized spacial score (nSPS) is 16.0. The number of nitrogens with zero attached hydrogens (tertiary/aromatic N) is 3. The minimum absolute atomic E-state index is 0.0135. The number of carbonyl (C=O) groups is 2. The number of aromatic nitrogens is 1.